The molecule has 1 unspecified atom stereocenters. The van der Waals surface area contributed by atoms with Crippen molar-refractivity contribution in [3.63, 3.8) is 0 Å². The van der Waals surface area contributed by atoms with Crippen molar-refractivity contribution in [3.05, 3.63) is 28.0 Å². The maximum atomic E-state index is 4.44. The fourth-order valence-electron chi connectivity index (χ4n) is 1.39. The highest BCUT2D eigenvalue weighted by atomic mass is 32.1. The van der Waals surface area contributed by atoms with E-state index in [1.807, 2.05) is 20.2 Å². The predicted octanol–water partition coefficient (Wildman–Crippen LogP) is 1.81. The van der Waals surface area contributed by atoms with Gasteiger partial charge in [0, 0.05) is 11.8 Å². The van der Waals surface area contributed by atoms with E-state index in [0.717, 1.165) is 22.8 Å². The molecule has 0 saturated carbocycles. The van der Waals surface area contributed by atoms with Crippen molar-refractivity contribution < 1.29 is 0 Å². The van der Waals surface area contributed by atoms with Crippen LogP contribution in [-0.2, 0) is 6.42 Å². The van der Waals surface area contributed by atoms with Crippen LogP contribution in [0.3, 0.4) is 0 Å². The predicted molar refractivity (Wildman–Crippen MR) is 62.3 cm³/mol. The lowest BCUT2D eigenvalue weighted by atomic mass is 10.1. The molecule has 0 aliphatic heterocycles. The van der Waals surface area contributed by atoms with E-state index < -0.39 is 0 Å². The molecule has 2 aromatic rings. The molecule has 0 spiro atoms. The third-order valence-electron chi connectivity index (χ3n) is 2.16. The summed E-state index contributed by atoms with van der Waals surface area (Å²) in [5, 5.41) is 6.44. The van der Waals surface area contributed by atoms with Crippen LogP contribution in [0, 0.1) is 6.92 Å². The number of aromatic nitrogens is 3. The number of hydrogen-bond acceptors (Lipinski definition) is 6. The summed E-state index contributed by atoms with van der Waals surface area (Å²) in [7, 11) is 1.93. The number of nitrogens with zero attached hydrogens (tertiary/aromatic N) is 3. The van der Waals surface area contributed by atoms with E-state index in [-0.39, 0.29) is 6.04 Å². The summed E-state index contributed by atoms with van der Waals surface area (Å²) in [5.74, 6) is 0. The molecule has 0 saturated heterocycles. The Morgan fingerprint density at radius 1 is 1.53 bits per heavy atom. The van der Waals surface area contributed by atoms with Crippen molar-refractivity contribution in [2.45, 2.75) is 19.4 Å². The third-order valence-corrected chi connectivity index (χ3v) is 3.48. The molecule has 0 aliphatic rings. The van der Waals surface area contributed by atoms with Gasteiger partial charge in [-0.15, -0.1) is 11.3 Å². The van der Waals surface area contributed by atoms with Crippen molar-refractivity contribution in [2.75, 3.05) is 7.05 Å². The summed E-state index contributed by atoms with van der Waals surface area (Å²) in [6, 6.07) is 0.213. The number of rotatable bonds is 4. The normalized spacial score (nSPS) is 12.9. The van der Waals surface area contributed by atoms with E-state index in [1.165, 1.54) is 11.7 Å². The van der Waals surface area contributed by atoms with Crippen LogP contribution in [-0.4, -0.2) is 20.8 Å². The van der Waals surface area contributed by atoms with E-state index in [9.17, 15) is 0 Å². The van der Waals surface area contributed by atoms with Gasteiger partial charge in [0.05, 0.1) is 40.4 Å². The minimum Gasteiger partial charge on any atom is -0.311 e. The van der Waals surface area contributed by atoms with Gasteiger partial charge in [-0.05, 0) is 14.0 Å². The maximum absolute atomic E-state index is 4.44. The molecule has 0 aromatic carbocycles. The number of nitrogens with one attached hydrogen (secondary N) is 1. The van der Waals surface area contributed by atoms with E-state index in [1.54, 1.807) is 11.3 Å². The molecule has 4 nitrogen and oxygen atoms in total. The van der Waals surface area contributed by atoms with Crippen LogP contribution in [0.15, 0.2) is 11.6 Å². The van der Waals surface area contributed by atoms with Gasteiger partial charge in [0.15, 0.2) is 0 Å². The Balaban J connectivity index is 2.09. The number of hydrogen-bond donors (Lipinski definition) is 1. The van der Waals surface area contributed by atoms with Crippen LogP contribution in [0.25, 0.3) is 0 Å². The Morgan fingerprint density at radius 3 is 2.93 bits per heavy atom. The van der Waals surface area contributed by atoms with Crippen LogP contribution in [0.5, 0.6) is 0 Å². The molecule has 1 N–H and O–H groups in total. The molecule has 80 valence electrons. The summed E-state index contributed by atoms with van der Waals surface area (Å²) >= 11 is 2.92. The molecule has 2 heterocycles. The Labute approximate surface area is 96.7 Å². The first-order valence-corrected chi connectivity index (χ1v) is 6.26. The lowest BCUT2D eigenvalue weighted by molar-refractivity contribution is 0.574. The Bertz CT molecular complexity index is 409. The van der Waals surface area contributed by atoms with Gasteiger partial charge in [0.2, 0.25) is 0 Å². The Morgan fingerprint density at radius 2 is 2.40 bits per heavy atom. The maximum Gasteiger partial charge on any atom is 0.0916 e. The van der Waals surface area contributed by atoms with Gasteiger partial charge in [-0.3, -0.25) is 0 Å². The van der Waals surface area contributed by atoms with Crippen molar-refractivity contribution in [2.24, 2.45) is 0 Å². The second-order valence-corrected chi connectivity index (χ2v) is 4.85. The van der Waals surface area contributed by atoms with Gasteiger partial charge in [-0.25, -0.2) is 4.98 Å². The lowest BCUT2D eigenvalue weighted by Crippen LogP contribution is -2.19. The van der Waals surface area contributed by atoms with Crippen LogP contribution >= 0.6 is 23.1 Å². The van der Waals surface area contributed by atoms with Gasteiger partial charge >= 0.3 is 0 Å². The first kappa shape index (κ1) is 10.7. The standard InChI is InChI=1S/C9H12N4S2/c1-6-12-7(5-14-6)3-8(10-2)9-4-11-15-13-9/h4-5,8,10H,3H2,1-2H3. The van der Waals surface area contributed by atoms with Crippen molar-refractivity contribution in [1.82, 2.24) is 19.0 Å². The van der Waals surface area contributed by atoms with Crippen molar-refractivity contribution >= 4 is 23.1 Å². The quantitative estimate of drug-likeness (QED) is 0.885. The van der Waals surface area contributed by atoms with Crippen LogP contribution in [0.4, 0.5) is 0 Å². The average molecular weight is 240 g/mol. The first-order valence-electron chi connectivity index (χ1n) is 4.65. The number of likely N-dealkylation sites (N-methyl/N-ethyl adjacent to an activating group) is 1. The van der Waals surface area contributed by atoms with Gasteiger partial charge in [-0.2, -0.15) is 8.75 Å². The fourth-order valence-corrected chi connectivity index (χ4v) is 2.49. The molecule has 0 aliphatic carbocycles. The summed E-state index contributed by atoms with van der Waals surface area (Å²) in [4.78, 5) is 4.44. The second kappa shape index (κ2) is 4.78. The van der Waals surface area contributed by atoms with Gasteiger partial charge < -0.3 is 5.32 Å². The third kappa shape index (κ3) is 2.58. The average Bonchev–Trinajstić information content (AvgIpc) is 2.85. The van der Waals surface area contributed by atoms with Crippen LogP contribution in [0.1, 0.15) is 22.4 Å². The summed E-state index contributed by atoms with van der Waals surface area (Å²) < 4.78 is 8.24. The zero-order valence-electron chi connectivity index (χ0n) is 8.60. The molecular weight excluding hydrogens is 228 g/mol. The molecule has 0 fully saturated rings. The van der Waals surface area contributed by atoms with Crippen molar-refractivity contribution in [3.8, 4) is 0 Å². The molecule has 15 heavy (non-hydrogen) atoms. The molecule has 0 bridgehead atoms. The summed E-state index contributed by atoms with van der Waals surface area (Å²) in [5.41, 5.74) is 2.11. The molecule has 2 aromatic heterocycles. The number of aryl methyl sites for hydroxylation is 1. The van der Waals surface area contributed by atoms with Gasteiger partial charge in [0.25, 0.3) is 0 Å². The smallest absolute Gasteiger partial charge is 0.0916 e. The Kier molecular flexibility index (Phi) is 3.40. The Hall–Kier alpha value is -0.850. The molecule has 0 radical (unpaired) electrons. The largest absolute Gasteiger partial charge is 0.311 e. The highest BCUT2D eigenvalue weighted by molar-refractivity contribution is 7.09. The molecule has 6 heteroatoms. The first-order chi connectivity index (χ1) is 7.29. The monoisotopic (exact) mass is 240 g/mol. The highest BCUT2D eigenvalue weighted by Gasteiger charge is 2.14. The van der Waals surface area contributed by atoms with Gasteiger partial charge in [0.1, 0.15) is 0 Å². The van der Waals surface area contributed by atoms with Gasteiger partial charge in [-0.1, -0.05) is 0 Å². The van der Waals surface area contributed by atoms with Crippen LogP contribution in [0.2, 0.25) is 0 Å². The second-order valence-electron chi connectivity index (χ2n) is 3.24. The lowest BCUT2D eigenvalue weighted by Gasteiger charge is -2.10. The molecule has 2 rings (SSSR count). The summed E-state index contributed by atoms with van der Waals surface area (Å²) in [6.07, 6.45) is 2.68. The number of thiazole rings is 1. The van der Waals surface area contributed by atoms with E-state index in [4.69, 9.17) is 0 Å². The fraction of sp³-hybridized carbons (Fsp3) is 0.444. The van der Waals surface area contributed by atoms with E-state index in [0.29, 0.717) is 0 Å². The zero-order chi connectivity index (χ0) is 10.7. The van der Waals surface area contributed by atoms with E-state index >= 15 is 0 Å². The SMILES string of the molecule is CNC(Cc1csc(C)n1)c1cnsn1. The van der Waals surface area contributed by atoms with Crippen molar-refractivity contribution in [1.29, 1.82) is 0 Å². The minimum atomic E-state index is 0.213. The van der Waals surface area contributed by atoms with Crippen LogP contribution < -0.4 is 5.32 Å². The minimum absolute atomic E-state index is 0.213. The van der Waals surface area contributed by atoms with E-state index in [2.05, 4.69) is 24.4 Å². The zero-order valence-corrected chi connectivity index (χ0v) is 10.2. The highest BCUT2D eigenvalue weighted by Crippen LogP contribution is 2.17. The molecular formula is C9H12N4S2. The molecule has 0 amide bonds. The topological polar surface area (TPSA) is 50.7 Å². The summed E-state index contributed by atoms with van der Waals surface area (Å²) in [6.45, 7) is 2.02. The molecule has 1 atom stereocenters.